The van der Waals surface area contributed by atoms with E-state index >= 15 is 0 Å². The number of para-hydroxylation sites is 1. The number of carbonyl (C=O) groups excluding carboxylic acids is 1. The summed E-state index contributed by atoms with van der Waals surface area (Å²) in [6, 6.07) is 7.78. The third-order valence-corrected chi connectivity index (χ3v) is 4.57. The number of hydrogen-bond donors (Lipinski definition) is 1. The number of amides is 1. The summed E-state index contributed by atoms with van der Waals surface area (Å²) in [4.78, 5) is 14.3. The van der Waals surface area contributed by atoms with Gasteiger partial charge in [-0.2, -0.15) is 11.3 Å². The fraction of sp³-hybridized carbons (Fsp3) is 0.316. The minimum atomic E-state index is -0.146. The van der Waals surface area contributed by atoms with Crippen LogP contribution in [-0.2, 0) is 4.79 Å². The zero-order chi connectivity index (χ0) is 18.2. The van der Waals surface area contributed by atoms with Crippen molar-refractivity contribution in [2.45, 2.75) is 6.04 Å². The van der Waals surface area contributed by atoms with Crippen LogP contribution in [0.5, 0.6) is 11.5 Å². The van der Waals surface area contributed by atoms with Crippen LogP contribution in [0.4, 0.5) is 0 Å². The van der Waals surface area contributed by atoms with Crippen LogP contribution in [0.25, 0.3) is 6.08 Å². The maximum absolute atomic E-state index is 12.2. The van der Waals surface area contributed by atoms with Gasteiger partial charge in [0.05, 0.1) is 20.3 Å². The molecule has 0 spiro atoms. The molecule has 0 bridgehead atoms. The lowest BCUT2D eigenvalue weighted by Crippen LogP contribution is -2.33. The molecule has 2 rings (SSSR count). The van der Waals surface area contributed by atoms with Gasteiger partial charge in [0.2, 0.25) is 5.91 Å². The molecule has 1 aromatic carbocycles. The third-order valence-electron chi connectivity index (χ3n) is 3.87. The average molecular weight is 360 g/mol. The Kier molecular flexibility index (Phi) is 7.03. The molecule has 0 aliphatic carbocycles. The first-order valence-electron chi connectivity index (χ1n) is 7.92. The fourth-order valence-corrected chi connectivity index (χ4v) is 3.24. The SMILES string of the molecule is COc1cccc(/C=C/C(=O)NCC(c2ccsc2)N(C)C)c1OC. The maximum atomic E-state index is 12.2. The monoisotopic (exact) mass is 360 g/mol. The second kappa shape index (κ2) is 9.25. The topological polar surface area (TPSA) is 50.8 Å². The van der Waals surface area contributed by atoms with Crippen molar-refractivity contribution in [3.05, 3.63) is 52.2 Å². The van der Waals surface area contributed by atoms with Crippen molar-refractivity contribution < 1.29 is 14.3 Å². The first-order chi connectivity index (χ1) is 12.1. The van der Waals surface area contributed by atoms with Gasteiger partial charge in [0.1, 0.15) is 0 Å². The molecular weight excluding hydrogens is 336 g/mol. The number of methoxy groups -OCH3 is 2. The molecule has 1 unspecified atom stereocenters. The van der Waals surface area contributed by atoms with Crippen LogP contribution in [-0.4, -0.2) is 45.7 Å². The van der Waals surface area contributed by atoms with E-state index in [-0.39, 0.29) is 11.9 Å². The summed E-state index contributed by atoms with van der Waals surface area (Å²) in [5.74, 6) is 1.10. The summed E-state index contributed by atoms with van der Waals surface area (Å²) < 4.78 is 10.6. The average Bonchev–Trinajstić information content (AvgIpc) is 3.13. The molecule has 1 N–H and O–H groups in total. The highest BCUT2D eigenvalue weighted by Crippen LogP contribution is 2.31. The molecule has 0 radical (unpaired) electrons. The van der Waals surface area contributed by atoms with Crippen molar-refractivity contribution in [1.82, 2.24) is 10.2 Å². The van der Waals surface area contributed by atoms with Crippen LogP contribution in [0.3, 0.4) is 0 Å². The second-order valence-corrected chi connectivity index (χ2v) is 6.48. The van der Waals surface area contributed by atoms with Crippen molar-refractivity contribution in [2.75, 3.05) is 34.9 Å². The number of benzene rings is 1. The Morgan fingerprint density at radius 2 is 2.08 bits per heavy atom. The first kappa shape index (κ1) is 19.0. The number of rotatable bonds is 8. The van der Waals surface area contributed by atoms with Gasteiger partial charge in [-0.05, 0) is 48.6 Å². The predicted octanol–water partition coefficient (Wildman–Crippen LogP) is 3.20. The van der Waals surface area contributed by atoms with Crippen LogP contribution in [0.15, 0.2) is 41.1 Å². The number of carbonyl (C=O) groups is 1. The molecular formula is C19H24N2O3S. The Hall–Kier alpha value is -2.31. The molecule has 1 heterocycles. The molecule has 0 aliphatic heterocycles. The van der Waals surface area contributed by atoms with Crippen molar-refractivity contribution in [2.24, 2.45) is 0 Å². The van der Waals surface area contributed by atoms with Gasteiger partial charge in [0.15, 0.2) is 11.5 Å². The van der Waals surface area contributed by atoms with Crippen molar-refractivity contribution in [1.29, 1.82) is 0 Å². The summed E-state index contributed by atoms with van der Waals surface area (Å²) in [5, 5.41) is 7.10. The highest BCUT2D eigenvalue weighted by molar-refractivity contribution is 7.07. The number of ether oxygens (including phenoxy) is 2. The summed E-state index contributed by atoms with van der Waals surface area (Å²) in [6.45, 7) is 0.544. The van der Waals surface area contributed by atoms with Crippen molar-refractivity contribution in [3.63, 3.8) is 0 Å². The van der Waals surface area contributed by atoms with Crippen molar-refractivity contribution in [3.8, 4) is 11.5 Å². The van der Waals surface area contributed by atoms with E-state index in [0.29, 0.717) is 18.0 Å². The molecule has 134 valence electrons. The van der Waals surface area contributed by atoms with E-state index in [0.717, 1.165) is 5.56 Å². The van der Waals surface area contributed by atoms with Crippen LogP contribution in [0, 0.1) is 0 Å². The molecule has 0 saturated carbocycles. The number of thiophene rings is 1. The Labute approximate surface area is 152 Å². The van der Waals surface area contributed by atoms with Crippen LogP contribution in [0.2, 0.25) is 0 Å². The van der Waals surface area contributed by atoms with E-state index in [1.807, 2.05) is 37.7 Å². The van der Waals surface area contributed by atoms with Gasteiger partial charge in [-0.3, -0.25) is 4.79 Å². The molecule has 5 nitrogen and oxygen atoms in total. The molecule has 1 amide bonds. The zero-order valence-electron chi connectivity index (χ0n) is 15.0. The number of likely N-dealkylation sites (N-methyl/N-ethyl adjacent to an activating group) is 1. The molecule has 0 aliphatic rings. The van der Waals surface area contributed by atoms with Gasteiger partial charge in [-0.25, -0.2) is 0 Å². The quantitative estimate of drug-likeness (QED) is 0.735. The standard InChI is InChI=1S/C19H24N2O3S/c1-21(2)16(15-10-11-25-13-15)12-20-18(22)9-8-14-6-5-7-17(23-3)19(14)24-4/h5-11,13,16H,12H2,1-4H3,(H,20,22)/b9-8+. The fourth-order valence-electron chi connectivity index (χ4n) is 2.53. The normalized spacial score (nSPS) is 12.4. The van der Waals surface area contributed by atoms with Gasteiger partial charge in [-0.15, -0.1) is 0 Å². The molecule has 1 atom stereocenters. The van der Waals surface area contributed by atoms with Crippen LogP contribution in [0.1, 0.15) is 17.2 Å². The number of nitrogens with zero attached hydrogens (tertiary/aromatic N) is 1. The summed E-state index contributed by atoms with van der Waals surface area (Å²) in [7, 11) is 7.18. The van der Waals surface area contributed by atoms with Gasteiger partial charge < -0.3 is 19.7 Å². The second-order valence-electron chi connectivity index (χ2n) is 5.70. The minimum absolute atomic E-state index is 0.146. The highest BCUT2D eigenvalue weighted by Gasteiger charge is 2.15. The lowest BCUT2D eigenvalue weighted by molar-refractivity contribution is -0.116. The van der Waals surface area contributed by atoms with Crippen LogP contribution < -0.4 is 14.8 Å². The third kappa shape index (κ3) is 5.08. The van der Waals surface area contributed by atoms with E-state index in [2.05, 4.69) is 21.7 Å². The molecule has 0 fully saturated rings. The van der Waals surface area contributed by atoms with Gasteiger partial charge in [0.25, 0.3) is 0 Å². The van der Waals surface area contributed by atoms with Gasteiger partial charge in [0, 0.05) is 18.2 Å². The molecule has 0 saturated heterocycles. The van der Waals surface area contributed by atoms with E-state index in [4.69, 9.17) is 9.47 Å². The predicted molar refractivity (Wildman–Crippen MR) is 102 cm³/mol. The van der Waals surface area contributed by atoms with E-state index in [9.17, 15) is 4.79 Å². The van der Waals surface area contributed by atoms with E-state index < -0.39 is 0 Å². The summed E-state index contributed by atoms with van der Waals surface area (Å²) in [6.07, 6.45) is 3.24. The Morgan fingerprint density at radius 3 is 2.68 bits per heavy atom. The summed E-state index contributed by atoms with van der Waals surface area (Å²) in [5.41, 5.74) is 1.99. The Morgan fingerprint density at radius 1 is 1.28 bits per heavy atom. The van der Waals surface area contributed by atoms with Gasteiger partial charge >= 0.3 is 0 Å². The number of hydrogen-bond acceptors (Lipinski definition) is 5. The minimum Gasteiger partial charge on any atom is -0.493 e. The lowest BCUT2D eigenvalue weighted by atomic mass is 10.1. The first-order valence-corrected chi connectivity index (χ1v) is 8.86. The Bertz CT molecular complexity index is 711. The van der Waals surface area contributed by atoms with Crippen LogP contribution >= 0.6 is 11.3 Å². The Balaban J connectivity index is 2.01. The van der Waals surface area contributed by atoms with Gasteiger partial charge in [-0.1, -0.05) is 12.1 Å². The highest BCUT2D eigenvalue weighted by atomic mass is 32.1. The molecule has 2 aromatic rings. The smallest absolute Gasteiger partial charge is 0.244 e. The lowest BCUT2D eigenvalue weighted by Gasteiger charge is -2.23. The van der Waals surface area contributed by atoms with E-state index in [1.54, 1.807) is 31.6 Å². The molecule has 6 heteroatoms. The zero-order valence-corrected chi connectivity index (χ0v) is 15.8. The summed E-state index contributed by atoms with van der Waals surface area (Å²) >= 11 is 1.66. The largest absolute Gasteiger partial charge is 0.493 e. The van der Waals surface area contributed by atoms with Crippen molar-refractivity contribution >= 4 is 23.3 Å². The molecule has 1 aromatic heterocycles. The van der Waals surface area contributed by atoms with E-state index in [1.165, 1.54) is 11.6 Å². The maximum Gasteiger partial charge on any atom is 0.244 e. The molecule has 25 heavy (non-hydrogen) atoms. The number of nitrogens with one attached hydrogen (secondary N) is 1.